The number of aryl methyl sites for hydroxylation is 1. The maximum absolute atomic E-state index is 12.8. The van der Waals surface area contributed by atoms with Gasteiger partial charge < -0.3 is 15.4 Å². The van der Waals surface area contributed by atoms with Gasteiger partial charge >= 0.3 is 5.69 Å². The number of nitrogens with two attached hydrogens (primary N) is 1. The Labute approximate surface area is 178 Å². The van der Waals surface area contributed by atoms with Crippen molar-refractivity contribution in [3.63, 3.8) is 0 Å². The summed E-state index contributed by atoms with van der Waals surface area (Å²) in [6.45, 7) is 4.99. The van der Waals surface area contributed by atoms with Crippen LogP contribution in [0.25, 0.3) is 16.9 Å². The van der Waals surface area contributed by atoms with Crippen LogP contribution in [0.2, 0.25) is 0 Å². The average Bonchev–Trinajstić information content (AvgIpc) is 3.17. The Balaban J connectivity index is 1.56. The van der Waals surface area contributed by atoms with E-state index in [0.717, 1.165) is 35.7 Å². The van der Waals surface area contributed by atoms with Crippen LogP contribution in [0.1, 0.15) is 5.56 Å². The van der Waals surface area contributed by atoms with Crippen molar-refractivity contribution >= 4 is 5.82 Å². The number of ether oxygens (including phenoxy) is 1. The van der Waals surface area contributed by atoms with Crippen molar-refractivity contribution in [3.8, 4) is 16.9 Å². The number of halogens is 1. The molecule has 0 saturated carbocycles. The summed E-state index contributed by atoms with van der Waals surface area (Å²) in [5.74, 6) is 0.915. The van der Waals surface area contributed by atoms with Crippen molar-refractivity contribution in [2.24, 2.45) is 5.73 Å². The first kappa shape index (κ1) is 20.9. The zero-order valence-electron chi connectivity index (χ0n) is 17.2. The fourth-order valence-electron chi connectivity index (χ4n) is 3.42. The van der Waals surface area contributed by atoms with E-state index in [0.29, 0.717) is 25.2 Å². The summed E-state index contributed by atoms with van der Waals surface area (Å²) < 4.78 is 20.7. The molecule has 1 fully saturated rings. The highest BCUT2D eigenvalue weighted by Crippen LogP contribution is 2.22. The van der Waals surface area contributed by atoms with Gasteiger partial charge in [-0.1, -0.05) is 0 Å². The maximum Gasteiger partial charge on any atom is 0.350 e. The quantitative estimate of drug-likeness (QED) is 0.637. The first-order valence-electron chi connectivity index (χ1n) is 9.99. The molecule has 4 heterocycles. The normalized spacial score (nSPS) is 14.8. The van der Waals surface area contributed by atoms with Crippen LogP contribution < -0.4 is 16.3 Å². The number of hydrogen-bond acceptors (Lipinski definition) is 7. The number of rotatable bonds is 6. The monoisotopic (exact) mass is 425 g/mol. The van der Waals surface area contributed by atoms with Crippen LogP contribution in [-0.4, -0.2) is 57.2 Å². The van der Waals surface area contributed by atoms with Crippen molar-refractivity contribution in [2.75, 3.05) is 37.7 Å². The molecule has 3 aromatic rings. The van der Waals surface area contributed by atoms with E-state index in [-0.39, 0.29) is 24.4 Å². The molecule has 0 atom stereocenters. The van der Waals surface area contributed by atoms with Crippen LogP contribution in [0.3, 0.4) is 0 Å². The molecular weight excluding hydrogens is 401 g/mol. The predicted octanol–water partition coefficient (Wildman–Crippen LogP) is 1.45. The third-order valence-corrected chi connectivity index (χ3v) is 5.22. The zero-order valence-corrected chi connectivity index (χ0v) is 17.2. The predicted molar refractivity (Wildman–Crippen MR) is 115 cm³/mol. The fourth-order valence-corrected chi connectivity index (χ4v) is 3.42. The summed E-state index contributed by atoms with van der Waals surface area (Å²) in [6, 6.07) is 5.87. The molecule has 0 amide bonds. The molecule has 3 aromatic heterocycles. The molecule has 9 nitrogen and oxygen atoms in total. The third kappa shape index (κ3) is 4.39. The Morgan fingerprint density at radius 2 is 2.06 bits per heavy atom. The molecule has 0 bridgehead atoms. The summed E-state index contributed by atoms with van der Waals surface area (Å²) >= 11 is 0. The summed E-state index contributed by atoms with van der Waals surface area (Å²) in [5.41, 5.74) is 8.46. The van der Waals surface area contributed by atoms with Gasteiger partial charge in [0, 0.05) is 31.4 Å². The van der Waals surface area contributed by atoms with Gasteiger partial charge in [-0.15, -0.1) is 0 Å². The Hall–Kier alpha value is -3.37. The second kappa shape index (κ2) is 9.19. The maximum atomic E-state index is 12.8. The lowest BCUT2D eigenvalue weighted by atomic mass is 10.1. The number of anilines is 1. The highest BCUT2D eigenvalue weighted by Gasteiger charge is 2.14. The molecular formula is C21H24FN7O2. The number of morpholine rings is 1. The van der Waals surface area contributed by atoms with Crippen molar-refractivity contribution in [1.29, 1.82) is 0 Å². The molecule has 1 aliphatic rings. The van der Waals surface area contributed by atoms with Gasteiger partial charge in [-0.2, -0.15) is 5.10 Å². The lowest BCUT2D eigenvalue weighted by molar-refractivity contribution is 0.122. The summed E-state index contributed by atoms with van der Waals surface area (Å²) in [7, 11) is 0. The van der Waals surface area contributed by atoms with Crippen LogP contribution in [0, 0.1) is 6.92 Å². The highest BCUT2D eigenvalue weighted by molar-refractivity contribution is 5.62. The largest absolute Gasteiger partial charge is 0.378 e. The van der Waals surface area contributed by atoms with Crippen LogP contribution >= 0.6 is 0 Å². The van der Waals surface area contributed by atoms with Gasteiger partial charge in [0.1, 0.15) is 12.1 Å². The molecule has 10 heteroatoms. The van der Waals surface area contributed by atoms with Crippen molar-refractivity contribution in [3.05, 3.63) is 64.9 Å². The Kier molecular flexibility index (Phi) is 6.19. The average molecular weight is 425 g/mol. The van der Waals surface area contributed by atoms with Gasteiger partial charge in [0.25, 0.3) is 0 Å². The van der Waals surface area contributed by atoms with Gasteiger partial charge in [-0.3, -0.25) is 4.98 Å². The summed E-state index contributed by atoms with van der Waals surface area (Å²) in [5, 5.41) is 4.06. The molecule has 0 aromatic carbocycles. The highest BCUT2D eigenvalue weighted by atomic mass is 19.1. The number of hydrogen-bond donors (Lipinski definition) is 1. The van der Waals surface area contributed by atoms with E-state index in [1.165, 1.54) is 15.6 Å². The van der Waals surface area contributed by atoms with E-state index in [2.05, 4.69) is 20.0 Å². The van der Waals surface area contributed by atoms with Crippen LogP contribution in [0.5, 0.6) is 0 Å². The minimum absolute atomic E-state index is 0.00452. The van der Waals surface area contributed by atoms with Gasteiger partial charge in [0.2, 0.25) is 0 Å². The fraction of sp³-hybridized carbons (Fsp3) is 0.333. The van der Waals surface area contributed by atoms with Gasteiger partial charge in [-0.25, -0.2) is 23.4 Å². The SMILES string of the molecule is Cc1cc(-c2ccc(N3CCOCC3)nc2)ncc1-n1cnn(C/C(=C/F)CN)c1=O. The van der Waals surface area contributed by atoms with E-state index < -0.39 is 0 Å². The van der Waals surface area contributed by atoms with E-state index >= 15 is 0 Å². The van der Waals surface area contributed by atoms with Crippen LogP contribution in [-0.2, 0) is 11.3 Å². The Morgan fingerprint density at radius 3 is 2.71 bits per heavy atom. The van der Waals surface area contributed by atoms with Crippen molar-refractivity contribution in [1.82, 2.24) is 24.3 Å². The van der Waals surface area contributed by atoms with Crippen molar-refractivity contribution in [2.45, 2.75) is 13.5 Å². The zero-order chi connectivity index (χ0) is 21.8. The Morgan fingerprint density at radius 1 is 1.26 bits per heavy atom. The molecule has 162 valence electrons. The van der Waals surface area contributed by atoms with E-state index in [9.17, 15) is 9.18 Å². The summed E-state index contributed by atoms with van der Waals surface area (Å²) in [4.78, 5) is 23.9. The molecule has 1 saturated heterocycles. The van der Waals surface area contributed by atoms with E-state index in [1.807, 2.05) is 25.1 Å². The first-order chi connectivity index (χ1) is 15.1. The van der Waals surface area contributed by atoms with E-state index in [1.54, 1.807) is 12.4 Å². The molecule has 1 aliphatic heterocycles. The molecule has 0 radical (unpaired) electrons. The summed E-state index contributed by atoms with van der Waals surface area (Å²) in [6.07, 6.45) is 5.24. The van der Waals surface area contributed by atoms with Crippen molar-refractivity contribution < 1.29 is 9.13 Å². The lowest BCUT2D eigenvalue weighted by Crippen LogP contribution is -2.36. The third-order valence-electron chi connectivity index (χ3n) is 5.22. The minimum atomic E-state index is -0.387. The molecule has 2 N–H and O–H groups in total. The number of pyridine rings is 2. The smallest absolute Gasteiger partial charge is 0.350 e. The number of nitrogens with zero attached hydrogens (tertiary/aromatic N) is 6. The minimum Gasteiger partial charge on any atom is -0.378 e. The Bertz CT molecular complexity index is 1130. The van der Waals surface area contributed by atoms with Gasteiger partial charge in [-0.05, 0) is 36.3 Å². The van der Waals surface area contributed by atoms with E-state index in [4.69, 9.17) is 10.5 Å². The lowest BCUT2D eigenvalue weighted by Gasteiger charge is -2.27. The standard InChI is InChI=1S/C21H24FN7O2/c1-15-8-18(17-2-3-20(25-11-17)27-4-6-31-7-5-27)24-12-19(15)28-14-26-29(21(28)30)13-16(9-22)10-23/h2-3,8-9,11-12,14H,4-7,10,13,23H2,1H3/b16-9+. The molecule has 31 heavy (non-hydrogen) atoms. The first-order valence-corrected chi connectivity index (χ1v) is 9.99. The second-order valence-electron chi connectivity index (χ2n) is 7.27. The van der Waals surface area contributed by atoms with Gasteiger partial charge in [0.15, 0.2) is 0 Å². The van der Waals surface area contributed by atoms with Crippen LogP contribution in [0.4, 0.5) is 10.2 Å². The van der Waals surface area contributed by atoms with Gasteiger partial charge in [0.05, 0.1) is 43.7 Å². The number of aromatic nitrogens is 5. The topological polar surface area (TPSA) is 104 Å². The molecule has 4 rings (SSSR count). The molecule has 0 spiro atoms. The van der Waals surface area contributed by atoms with Crippen LogP contribution in [0.15, 0.2) is 53.6 Å². The molecule has 0 unspecified atom stereocenters. The molecule has 0 aliphatic carbocycles. The second-order valence-corrected chi connectivity index (χ2v) is 7.27.